The molecule has 1 amide bonds. The van der Waals surface area contributed by atoms with E-state index in [0.717, 1.165) is 5.56 Å². The van der Waals surface area contributed by atoms with Crippen molar-refractivity contribution < 1.29 is 23.8 Å². The van der Waals surface area contributed by atoms with Crippen LogP contribution in [0.1, 0.15) is 21.5 Å². The summed E-state index contributed by atoms with van der Waals surface area (Å²) in [4.78, 5) is 29.5. The molecule has 2 N–H and O–H groups in total. The molecule has 2 aromatic heterocycles. The summed E-state index contributed by atoms with van der Waals surface area (Å²) in [7, 11) is 2.85. The maximum atomic E-state index is 13.2. The number of nitrogens with one attached hydrogen (secondary N) is 1. The number of ether oxygens (including phenoxy) is 2. The second-order valence-electron chi connectivity index (χ2n) is 6.72. The average molecular weight is 411 g/mol. The first-order valence-corrected chi connectivity index (χ1v) is 9.07. The molecule has 0 radical (unpaired) electrons. The highest BCUT2D eigenvalue weighted by Crippen LogP contribution is 2.38. The standard InChI is InChI=1S/C21H18FN3O5/c1-23-20(27)15-18(26)16-17-19(30-14(10-29-2)9-25(17)21(15)28)12(8-24-16)7-11-3-5-13(22)6-4-11/h3-6,8-9,26H,7,10H2,1-2H3,(H,23,27). The Morgan fingerprint density at radius 2 is 2.07 bits per heavy atom. The van der Waals surface area contributed by atoms with Crippen molar-refractivity contribution in [1.29, 1.82) is 0 Å². The number of carbonyl (C=O) groups is 1. The molecular weight excluding hydrogens is 393 g/mol. The molecule has 1 aromatic carbocycles. The van der Waals surface area contributed by atoms with E-state index in [0.29, 0.717) is 23.5 Å². The number of hydrogen-bond acceptors (Lipinski definition) is 6. The highest BCUT2D eigenvalue weighted by Gasteiger charge is 2.28. The molecule has 154 valence electrons. The molecule has 0 unspecified atom stereocenters. The Bertz CT molecular complexity index is 1250. The fourth-order valence-electron chi connectivity index (χ4n) is 3.39. The highest BCUT2D eigenvalue weighted by atomic mass is 19.1. The van der Waals surface area contributed by atoms with Crippen LogP contribution in [0.15, 0.2) is 41.0 Å². The van der Waals surface area contributed by atoms with Crippen molar-refractivity contribution >= 4 is 23.1 Å². The van der Waals surface area contributed by atoms with E-state index in [-0.39, 0.29) is 23.5 Å². The third kappa shape index (κ3) is 3.18. The number of methoxy groups -OCH3 is 1. The van der Waals surface area contributed by atoms with Crippen LogP contribution in [0.4, 0.5) is 4.39 Å². The molecule has 0 aliphatic carbocycles. The lowest BCUT2D eigenvalue weighted by molar-refractivity contribution is 0.0959. The van der Waals surface area contributed by atoms with Crippen LogP contribution in [0, 0.1) is 5.82 Å². The van der Waals surface area contributed by atoms with Gasteiger partial charge < -0.3 is 19.9 Å². The highest BCUT2D eigenvalue weighted by molar-refractivity contribution is 6.03. The summed E-state index contributed by atoms with van der Waals surface area (Å²) >= 11 is 0. The molecular formula is C21H18FN3O5. The lowest BCUT2D eigenvalue weighted by atomic mass is 10.0. The minimum absolute atomic E-state index is 0.0544. The van der Waals surface area contributed by atoms with E-state index < -0.39 is 22.8 Å². The molecule has 0 spiro atoms. The van der Waals surface area contributed by atoms with Gasteiger partial charge in [-0.2, -0.15) is 0 Å². The first-order chi connectivity index (χ1) is 14.4. The quantitative estimate of drug-likeness (QED) is 0.666. The van der Waals surface area contributed by atoms with Gasteiger partial charge in [-0.25, -0.2) is 4.39 Å². The summed E-state index contributed by atoms with van der Waals surface area (Å²) in [5.74, 6) is -0.940. The van der Waals surface area contributed by atoms with E-state index in [2.05, 4.69) is 10.3 Å². The first kappa shape index (κ1) is 19.6. The van der Waals surface area contributed by atoms with Crippen LogP contribution < -0.4 is 15.6 Å². The van der Waals surface area contributed by atoms with Crippen LogP contribution >= 0.6 is 0 Å². The number of nitrogens with zero attached hydrogens (tertiary/aromatic N) is 2. The Morgan fingerprint density at radius 3 is 2.73 bits per heavy atom. The monoisotopic (exact) mass is 411 g/mol. The topological polar surface area (TPSA) is 103 Å². The normalized spacial score (nSPS) is 12.4. The molecule has 0 bridgehead atoms. The van der Waals surface area contributed by atoms with Crippen molar-refractivity contribution in [3.05, 3.63) is 69.1 Å². The molecule has 0 saturated heterocycles. The summed E-state index contributed by atoms with van der Waals surface area (Å²) < 4.78 is 25.6. The fourth-order valence-corrected chi connectivity index (χ4v) is 3.39. The number of carbonyl (C=O) groups excluding carboxylic acids is 1. The molecule has 0 fully saturated rings. The maximum absolute atomic E-state index is 13.2. The number of benzene rings is 1. The largest absolute Gasteiger partial charge is 0.505 e. The first-order valence-electron chi connectivity index (χ1n) is 9.07. The van der Waals surface area contributed by atoms with E-state index in [1.54, 1.807) is 12.1 Å². The van der Waals surface area contributed by atoms with E-state index in [1.807, 2.05) is 0 Å². The predicted octanol–water partition coefficient (Wildman–Crippen LogP) is 2.03. The fraction of sp³-hybridized carbons (Fsp3) is 0.190. The molecule has 1 aliphatic heterocycles. The minimum atomic E-state index is -0.727. The molecule has 30 heavy (non-hydrogen) atoms. The summed E-state index contributed by atoms with van der Waals surface area (Å²) in [5.41, 5.74) is 0.600. The summed E-state index contributed by atoms with van der Waals surface area (Å²) in [6.45, 7) is 0.0852. The van der Waals surface area contributed by atoms with Gasteiger partial charge in [0, 0.05) is 32.3 Å². The average Bonchev–Trinajstić information content (AvgIpc) is 2.74. The van der Waals surface area contributed by atoms with E-state index in [9.17, 15) is 19.1 Å². The van der Waals surface area contributed by atoms with Crippen LogP contribution in [0.25, 0.3) is 17.2 Å². The third-order valence-corrected chi connectivity index (χ3v) is 4.77. The van der Waals surface area contributed by atoms with Gasteiger partial charge in [0.1, 0.15) is 34.8 Å². The summed E-state index contributed by atoms with van der Waals surface area (Å²) in [6.07, 6.45) is 3.26. The van der Waals surface area contributed by atoms with Crippen molar-refractivity contribution in [2.75, 3.05) is 20.8 Å². The van der Waals surface area contributed by atoms with E-state index in [4.69, 9.17) is 9.47 Å². The predicted molar refractivity (Wildman–Crippen MR) is 107 cm³/mol. The number of aromatic nitrogens is 2. The van der Waals surface area contributed by atoms with Gasteiger partial charge in [0.05, 0.1) is 6.20 Å². The second kappa shape index (κ2) is 7.60. The Morgan fingerprint density at radius 1 is 1.33 bits per heavy atom. The number of pyridine rings is 2. The lowest BCUT2D eigenvalue weighted by Gasteiger charge is -2.23. The number of amides is 1. The second-order valence-corrected chi connectivity index (χ2v) is 6.72. The van der Waals surface area contributed by atoms with Crippen LogP contribution in [-0.4, -0.2) is 41.3 Å². The van der Waals surface area contributed by atoms with Crippen LogP contribution in [0.3, 0.4) is 0 Å². The lowest BCUT2D eigenvalue weighted by Crippen LogP contribution is -2.32. The van der Waals surface area contributed by atoms with Gasteiger partial charge in [0.25, 0.3) is 11.5 Å². The SMILES string of the molecule is CNC(=O)c1c(O)c2ncc(Cc3ccc(F)cc3)c3c2n(c1=O)C=C(COC)O3. The number of aromatic hydroxyl groups is 1. The number of hydrogen-bond donors (Lipinski definition) is 2. The van der Waals surface area contributed by atoms with Gasteiger partial charge >= 0.3 is 0 Å². The Labute approximate surface area is 170 Å². The zero-order valence-corrected chi connectivity index (χ0v) is 16.2. The van der Waals surface area contributed by atoms with Crippen molar-refractivity contribution in [1.82, 2.24) is 14.9 Å². The molecule has 9 heteroatoms. The molecule has 1 aliphatic rings. The zero-order chi connectivity index (χ0) is 21.4. The Hall–Kier alpha value is -3.72. The molecule has 3 aromatic rings. The van der Waals surface area contributed by atoms with Gasteiger partial charge in [-0.3, -0.25) is 19.1 Å². The minimum Gasteiger partial charge on any atom is -0.505 e. The number of rotatable bonds is 5. The van der Waals surface area contributed by atoms with Crippen LogP contribution in [0.2, 0.25) is 0 Å². The van der Waals surface area contributed by atoms with Crippen molar-refractivity contribution in [3.8, 4) is 11.5 Å². The van der Waals surface area contributed by atoms with Gasteiger partial charge in [0.2, 0.25) is 0 Å². The number of halogens is 1. The third-order valence-electron chi connectivity index (χ3n) is 4.77. The molecule has 4 rings (SSSR count). The van der Waals surface area contributed by atoms with Crippen molar-refractivity contribution in [2.24, 2.45) is 0 Å². The zero-order valence-electron chi connectivity index (χ0n) is 16.2. The van der Waals surface area contributed by atoms with E-state index in [1.165, 1.54) is 43.3 Å². The van der Waals surface area contributed by atoms with Crippen LogP contribution in [0.5, 0.6) is 11.5 Å². The molecule has 8 nitrogen and oxygen atoms in total. The maximum Gasteiger partial charge on any atom is 0.272 e. The van der Waals surface area contributed by atoms with Gasteiger partial charge in [-0.1, -0.05) is 12.1 Å². The Balaban J connectivity index is 1.98. The summed E-state index contributed by atoms with van der Waals surface area (Å²) in [5, 5.41) is 13.0. The van der Waals surface area contributed by atoms with Gasteiger partial charge in [-0.05, 0) is 17.7 Å². The summed E-state index contributed by atoms with van der Waals surface area (Å²) in [6, 6.07) is 5.98. The smallest absolute Gasteiger partial charge is 0.272 e. The van der Waals surface area contributed by atoms with Crippen molar-refractivity contribution in [3.63, 3.8) is 0 Å². The molecule has 3 heterocycles. The van der Waals surface area contributed by atoms with Crippen LogP contribution in [-0.2, 0) is 11.2 Å². The van der Waals surface area contributed by atoms with Gasteiger partial charge in [0.15, 0.2) is 11.5 Å². The van der Waals surface area contributed by atoms with E-state index >= 15 is 0 Å². The Kier molecular flexibility index (Phi) is 4.96. The van der Waals surface area contributed by atoms with Crippen molar-refractivity contribution in [2.45, 2.75) is 6.42 Å². The molecule has 0 saturated carbocycles. The van der Waals surface area contributed by atoms with Gasteiger partial charge in [-0.15, -0.1) is 0 Å². The molecule has 0 atom stereocenters.